The lowest BCUT2D eigenvalue weighted by molar-refractivity contribution is -0.137. The molecule has 2 aliphatic carbocycles. The summed E-state index contributed by atoms with van der Waals surface area (Å²) < 4.78 is 0. The van der Waals surface area contributed by atoms with Crippen molar-refractivity contribution in [3.8, 4) is 0 Å². The topological polar surface area (TPSA) is 57.5 Å². The van der Waals surface area contributed by atoms with Gasteiger partial charge in [0.15, 0.2) is 0 Å². The van der Waals surface area contributed by atoms with E-state index in [1.165, 1.54) is 11.1 Å². The van der Waals surface area contributed by atoms with Crippen LogP contribution >= 0.6 is 0 Å². The molecule has 3 nitrogen and oxygen atoms in total. The summed E-state index contributed by atoms with van der Waals surface area (Å²) in [6, 6.07) is 10.4. The minimum Gasteiger partial charge on any atom is -0.481 e. The van der Waals surface area contributed by atoms with Crippen LogP contribution < -0.4 is 0 Å². The van der Waals surface area contributed by atoms with Crippen LogP contribution in [0.15, 0.2) is 54.1 Å². The highest BCUT2D eigenvalue weighted by molar-refractivity contribution is 5.66. The summed E-state index contributed by atoms with van der Waals surface area (Å²) >= 11 is 0. The lowest BCUT2D eigenvalue weighted by Gasteiger charge is -2.18. The SMILES string of the molecule is O=C(O)CCCCC1=C[C@H]2C[C@@H](O)[C@H](/C=C/Cc3ccccc3)[C@H]2C1. The predicted octanol–water partition coefficient (Wildman–Crippen LogP) is 4.37. The number of carboxylic acid groups (broad SMARTS) is 1. The molecule has 2 aliphatic rings. The van der Waals surface area contributed by atoms with Crippen molar-refractivity contribution in [3.05, 3.63) is 59.7 Å². The number of carbonyl (C=O) groups is 1. The second-order valence-corrected chi connectivity index (χ2v) is 7.46. The molecule has 0 aromatic heterocycles. The van der Waals surface area contributed by atoms with Crippen molar-refractivity contribution in [1.29, 1.82) is 0 Å². The van der Waals surface area contributed by atoms with Gasteiger partial charge in [-0.1, -0.05) is 54.1 Å². The smallest absolute Gasteiger partial charge is 0.303 e. The largest absolute Gasteiger partial charge is 0.481 e. The van der Waals surface area contributed by atoms with E-state index in [-0.39, 0.29) is 18.4 Å². The summed E-state index contributed by atoms with van der Waals surface area (Å²) in [6.07, 6.45) is 12.4. The Morgan fingerprint density at radius 1 is 1.20 bits per heavy atom. The van der Waals surface area contributed by atoms with E-state index in [1.807, 2.05) is 6.07 Å². The van der Waals surface area contributed by atoms with E-state index in [0.29, 0.717) is 11.8 Å². The number of rotatable bonds is 8. The average Bonchev–Trinajstić information content (AvgIpc) is 3.10. The summed E-state index contributed by atoms with van der Waals surface area (Å²) in [5.74, 6) is 0.567. The Morgan fingerprint density at radius 3 is 2.76 bits per heavy atom. The Labute approximate surface area is 150 Å². The molecule has 4 atom stereocenters. The van der Waals surface area contributed by atoms with E-state index in [9.17, 15) is 9.90 Å². The van der Waals surface area contributed by atoms with Crippen molar-refractivity contribution in [2.75, 3.05) is 0 Å². The average molecular weight is 340 g/mol. The fourth-order valence-corrected chi connectivity index (χ4v) is 4.39. The second-order valence-electron chi connectivity index (χ2n) is 7.46. The zero-order valence-electron chi connectivity index (χ0n) is 14.7. The first-order chi connectivity index (χ1) is 12.1. The number of benzene rings is 1. The van der Waals surface area contributed by atoms with Crippen molar-refractivity contribution in [1.82, 2.24) is 0 Å². The van der Waals surface area contributed by atoms with E-state index in [1.54, 1.807) is 0 Å². The molecule has 3 rings (SSSR count). The number of fused-ring (bicyclic) bond motifs is 1. The quantitative estimate of drug-likeness (QED) is 0.545. The molecule has 1 aromatic rings. The fraction of sp³-hybridized carbons (Fsp3) is 0.500. The molecule has 0 radical (unpaired) electrons. The third-order valence-corrected chi connectivity index (χ3v) is 5.64. The number of aliphatic carboxylic acids is 1. The first-order valence-corrected chi connectivity index (χ1v) is 9.43. The van der Waals surface area contributed by atoms with Gasteiger partial charge in [0.2, 0.25) is 0 Å². The summed E-state index contributed by atoms with van der Waals surface area (Å²) in [5.41, 5.74) is 2.76. The maximum Gasteiger partial charge on any atom is 0.303 e. The monoisotopic (exact) mass is 340 g/mol. The Kier molecular flexibility index (Phi) is 6.09. The van der Waals surface area contributed by atoms with Crippen LogP contribution in [-0.2, 0) is 11.2 Å². The third-order valence-electron chi connectivity index (χ3n) is 5.64. The van der Waals surface area contributed by atoms with Gasteiger partial charge in [-0.15, -0.1) is 0 Å². The van der Waals surface area contributed by atoms with Gasteiger partial charge in [-0.2, -0.15) is 0 Å². The summed E-state index contributed by atoms with van der Waals surface area (Å²) in [5, 5.41) is 19.1. The molecule has 0 heterocycles. The van der Waals surface area contributed by atoms with Crippen LogP contribution in [0.5, 0.6) is 0 Å². The molecule has 0 saturated heterocycles. The molecule has 0 aliphatic heterocycles. The standard InChI is InChI=1S/C22H28O3/c23-21-15-18-13-17(9-4-5-12-22(24)25)14-20(18)19(21)11-6-10-16-7-2-1-3-8-16/h1-3,6-8,11,13,18-21,23H,4-5,9-10,12,14-15H2,(H,24,25)/b11-6+/t18-,19+,20-,21+/m0/s1. The van der Waals surface area contributed by atoms with E-state index in [4.69, 9.17) is 5.11 Å². The Morgan fingerprint density at radius 2 is 2.00 bits per heavy atom. The normalized spacial score (nSPS) is 28.3. The third kappa shape index (κ3) is 4.82. The Hall–Kier alpha value is -1.87. The van der Waals surface area contributed by atoms with Crippen LogP contribution in [0, 0.1) is 17.8 Å². The summed E-state index contributed by atoms with van der Waals surface area (Å²) in [7, 11) is 0. The molecule has 0 spiro atoms. The van der Waals surface area contributed by atoms with Crippen LogP contribution in [0.1, 0.15) is 44.1 Å². The molecule has 0 amide bonds. The molecule has 134 valence electrons. The number of carboxylic acids is 1. The van der Waals surface area contributed by atoms with Gasteiger partial charge in [-0.05, 0) is 55.9 Å². The van der Waals surface area contributed by atoms with Crippen molar-refractivity contribution in [3.63, 3.8) is 0 Å². The molecule has 0 unspecified atom stereocenters. The maximum absolute atomic E-state index is 10.6. The molecule has 25 heavy (non-hydrogen) atoms. The number of aliphatic hydroxyl groups is 1. The van der Waals surface area contributed by atoms with Gasteiger partial charge in [-0.3, -0.25) is 4.79 Å². The molecule has 1 aromatic carbocycles. The molecular weight excluding hydrogens is 312 g/mol. The molecule has 1 fully saturated rings. The minimum absolute atomic E-state index is 0.230. The van der Waals surface area contributed by atoms with Gasteiger partial charge in [0, 0.05) is 12.3 Å². The van der Waals surface area contributed by atoms with Gasteiger partial charge in [0.1, 0.15) is 0 Å². The highest BCUT2D eigenvalue weighted by Gasteiger charge is 2.42. The first-order valence-electron chi connectivity index (χ1n) is 9.43. The number of hydrogen-bond donors (Lipinski definition) is 2. The lowest BCUT2D eigenvalue weighted by atomic mass is 9.88. The molecular formula is C22H28O3. The van der Waals surface area contributed by atoms with Crippen molar-refractivity contribution in [2.45, 2.75) is 51.0 Å². The molecule has 2 N–H and O–H groups in total. The van der Waals surface area contributed by atoms with Gasteiger partial charge < -0.3 is 10.2 Å². The fourth-order valence-electron chi connectivity index (χ4n) is 4.39. The first kappa shape index (κ1) is 17.9. The van der Waals surface area contributed by atoms with Gasteiger partial charge in [-0.25, -0.2) is 0 Å². The molecule has 0 bridgehead atoms. The van der Waals surface area contributed by atoms with E-state index in [0.717, 1.165) is 38.5 Å². The Balaban J connectivity index is 1.50. The minimum atomic E-state index is -0.705. The zero-order valence-corrected chi connectivity index (χ0v) is 14.7. The second kappa shape index (κ2) is 8.48. The molecule has 3 heteroatoms. The van der Waals surface area contributed by atoms with Crippen LogP contribution in [0.2, 0.25) is 0 Å². The van der Waals surface area contributed by atoms with Crippen LogP contribution in [0.25, 0.3) is 0 Å². The predicted molar refractivity (Wildman–Crippen MR) is 99.2 cm³/mol. The van der Waals surface area contributed by atoms with Gasteiger partial charge in [0.05, 0.1) is 6.10 Å². The van der Waals surface area contributed by atoms with Gasteiger partial charge in [0.25, 0.3) is 0 Å². The summed E-state index contributed by atoms with van der Waals surface area (Å²) in [4.78, 5) is 10.6. The van der Waals surface area contributed by atoms with Gasteiger partial charge >= 0.3 is 5.97 Å². The number of hydrogen-bond acceptors (Lipinski definition) is 2. The van der Waals surface area contributed by atoms with Crippen LogP contribution in [0.3, 0.4) is 0 Å². The maximum atomic E-state index is 10.6. The number of unbranched alkanes of at least 4 members (excludes halogenated alkanes) is 1. The van der Waals surface area contributed by atoms with E-state index >= 15 is 0 Å². The number of allylic oxidation sites excluding steroid dienone is 3. The van der Waals surface area contributed by atoms with Crippen molar-refractivity contribution in [2.24, 2.45) is 17.8 Å². The van der Waals surface area contributed by atoms with Crippen molar-refractivity contribution < 1.29 is 15.0 Å². The Bertz CT molecular complexity index is 632. The molecule has 1 saturated carbocycles. The zero-order chi connectivity index (χ0) is 17.6. The van der Waals surface area contributed by atoms with Crippen LogP contribution in [0.4, 0.5) is 0 Å². The highest BCUT2D eigenvalue weighted by atomic mass is 16.4. The lowest BCUT2D eigenvalue weighted by Crippen LogP contribution is -2.17. The number of aliphatic hydroxyl groups excluding tert-OH is 1. The van der Waals surface area contributed by atoms with Crippen molar-refractivity contribution >= 4 is 5.97 Å². The van der Waals surface area contributed by atoms with E-state index < -0.39 is 5.97 Å². The van der Waals surface area contributed by atoms with E-state index in [2.05, 4.69) is 42.5 Å². The highest BCUT2D eigenvalue weighted by Crippen LogP contribution is 2.48. The summed E-state index contributed by atoms with van der Waals surface area (Å²) in [6.45, 7) is 0. The van der Waals surface area contributed by atoms with Crippen LogP contribution in [-0.4, -0.2) is 22.3 Å².